The summed E-state index contributed by atoms with van der Waals surface area (Å²) in [6.07, 6.45) is 6.43. The molecule has 1 fully saturated rings. The van der Waals surface area contributed by atoms with E-state index in [1.807, 2.05) is 26.8 Å². The van der Waals surface area contributed by atoms with Gasteiger partial charge in [-0.05, 0) is 36.5 Å². The van der Waals surface area contributed by atoms with Gasteiger partial charge in [-0.1, -0.05) is 52.4 Å². The maximum absolute atomic E-state index is 12.9. The molecule has 148 valence electrons. The highest BCUT2D eigenvalue weighted by atomic mass is 28.3. The Labute approximate surface area is 174 Å². The Balaban J connectivity index is 2.32. The number of allylic oxidation sites excluding steroid dienone is 6. The Morgan fingerprint density at radius 1 is 1.03 bits per heavy atom. The molecule has 1 saturated carbocycles. The average molecular weight is 403 g/mol. The largest absolute Gasteiger partial charge is 0.293 e. The van der Waals surface area contributed by atoms with Crippen molar-refractivity contribution in [3.05, 3.63) is 34.9 Å². The van der Waals surface area contributed by atoms with Gasteiger partial charge in [0, 0.05) is 10.8 Å². The van der Waals surface area contributed by atoms with Gasteiger partial charge in [-0.25, -0.2) is 0 Å². The molecule has 0 radical (unpaired) electrons. The summed E-state index contributed by atoms with van der Waals surface area (Å²) in [7, 11) is -1.71. The number of fused-ring (bicyclic) bond motifs is 3. The normalized spacial score (nSPS) is 32.8. The average Bonchev–Trinajstić information content (AvgIpc) is 2.63. The second-order valence-electron chi connectivity index (χ2n) is 10.2. The van der Waals surface area contributed by atoms with Crippen molar-refractivity contribution in [3.8, 4) is 23.6 Å². The minimum Gasteiger partial charge on any atom is -0.293 e. The molecule has 0 saturated heterocycles. The molecular weight excluding hydrogens is 376 g/mol. The van der Waals surface area contributed by atoms with Crippen LogP contribution in [0.5, 0.6) is 0 Å². The van der Waals surface area contributed by atoms with E-state index in [1.165, 1.54) is 0 Å². The summed E-state index contributed by atoms with van der Waals surface area (Å²) in [5, 5.41) is 19.1. The van der Waals surface area contributed by atoms with Crippen LogP contribution < -0.4 is 0 Å². The molecule has 0 heterocycles. The molecule has 0 spiro atoms. The van der Waals surface area contributed by atoms with Crippen LogP contribution in [0.3, 0.4) is 0 Å². The number of hydrogen-bond acceptors (Lipinski definition) is 4. The van der Waals surface area contributed by atoms with Crippen LogP contribution >= 0.6 is 0 Å². The molecule has 0 N–H and O–H groups in total. The van der Waals surface area contributed by atoms with Gasteiger partial charge in [-0.15, -0.1) is 5.54 Å². The van der Waals surface area contributed by atoms with E-state index in [9.17, 15) is 20.1 Å². The molecule has 3 aliphatic carbocycles. The van der Waals surface area contributed by atoms with Gasteiger partial charge < -0.3 is 0 Å². The minimum absolute atomic E-state index is 0.0440. The van der Waals surface area contributed by atoms with E-state index < -0.39 is 24.3 Å². The highest BCUT2D eigenvalue weighted by molar-refractivity contribution is 6.83. The lowest BCUT2D eigenvalue weighted by Crippen LogP contribution is -2.53. The molecule has 0 bridgehead atoms. The lowest BCUT2D eigenvalue weighted by molar-refractivity contribution is -0.130. The van der Waals surface area contributed by atoms with Crippen molar-refractivity contribution in [3.63, 3.8) is 0 Å². The predicted molar refractivity (Wildman–Crippen MR) is 114 cm³/mol. The number of nitriles is 2. The molecule has 0 aromatic heterocycles. The molecule has 0 aliphatic heterocycles. The fraction of sp³-hybridized carbons (Fsp3) is 0.500. The topological polar surface area (TPSA) is 81.7 Å². The van der Waals surface area contributed by atoms with Gasteiger partial charge >= 0.3 is 0 Å². The molecule has 3 rings (SSSR count). The van der Waals surface area contributed by atoms with E-state index in [0.29, 0.717) is 6.42 Å². The van der Waals surface area contributed by atoms with E-state index in [2.05, 4.69) is 37.2 Å². The first-order valence-corrected chi connectivity index (χ1v) is 13.4. The van der Waals surface area contributed by atoms with Crippen LogP contribution in [0.4, 0.5) is 0 Å². The lowest BCUT2D eigenvalue weighted by Gasteiger charge is -2.56. The summed E-state index contributed by atoms with van der Waals surface area (Å²) in [4.78, 5) is 25.5. The second kappa shape index (κ2) is 6.41. The third-order valence-corrected chi connectivity index (χ3v) is 7.47. The highest BCUT2D eigenvalue weighted by Gasteiger charge is 2.59. The van der Waals surface area contributed by atoms with E-state index >= 15 is 0 Å². The first-order chi connectivity index (χ1) is 13.3. The molecule has 0 amide bonds. The molecule has 3 atom stereocenters. The second-order valence-corrected chi connectivity index (χ2v) is 14.9. The fourth-order valence-corrected chi connectivity index (χ4v) is 5.83. The third-order valence-electron chi connectivity index (χ3n) is 6.59. The Morgan fingerprint density at radius 3 is 2.21 bits per heavy atom. The molecule has 4 nitrogen and oxygen atoms in total. The number of ketones is 2. The smallest absolute Gasteiger partial charge is 0.196 e. The van der Waals surface area contributed by atoms with Gasteiger partial charge in [0.25, 0.3) is 0 Å². The Morgan fingerprint density at radius 2 is 1.66 bits per heavy atom. The van der Waals surface area contributed by atoms with Crippen LogP contribution in [0.25, 0.3) is 0 Å². The molecule has 3 aliphatic rings. The SMILES string of the molecule is CC1(C)C(=O)C(C#N)=C[C@]2(C)C3=CC(=O)C(C#N)=C[C@]3(C#C[Si](C)(C)C)CC[C@@H]12. The molecule has 0 unspecified atom stereocenters. The first-order valence-electron chi connectivity index (χ1n) is 9.93. The van der Waals surface area contributed by atoms with Crippen molar-refractivity contribution < 1.29 is 9.59 Å². The van der Waals surface area contributed by atoms with Crippen molar-refractivity contribution in [2.45, 2.75) is 53.3 Å². The summed E-state index contributed by atoms with van der Waals surface area (Å²) < 4.78 is 0. The van der Waals surface area contributed by atoms with Crippen LogP contribution in [-0.4, -0.2) is 19.6 Å². The van der Waals surface area contributed by atoms with Gasteiger partial charge in [0.2, 0.25) is 0 Å². The molecular formula is C24H26N2O2Si. The van der Waals surface area contributed by atoms with Crippen LogP contribution in [0, 0.1) is 56.3 Å². The zero-order valence-corrected chi connectivity index (χ0v) is 18.9. The van der Waals surface area contributed by atoms with Gasteiger partial charge in [0.05, 0.1) is 16.6 Å². The maximum atomic E-state index is 12.9. The van der Waals surface area contributed by atoms with E-state index in [4.69, 9.17) is 0 Å². The third kappa shape index (κ3) is 3.13. The van der Waals surface area contributed by atoms with Crippen LogP contribution in [0.15, 0.2) is 34.9 Å². The minimum atomic E-state index is -1.71. The molecule has 0 aromatic carbocycles. The highest BCUT2D eigenvalue weighted by Crippen LogP contribution is 2.63. The first kappa shape index (κ1) is 21.0. The fourth-order valence-electron chi connectivity index (χ4n) is 5.23. The van der Waals surface area contributed by atoms with Crippen molar-refractivity contribution in [2.24, 2.45) is 22.2 Å². The maximum Gasteiger partial charge on any atom is 0.196 e. The number of Topliss-reactive ketones (excluding diaryl/α,β-unsaturated/α-hetero) is 1. The molecule has 29 heavy (non-hydrogen) atoms. The summed E-state index contributed by atoms with van der Waals surface area (Å²) in [6.45, 7) is 12.3. The van der Waals surface area contributed by atoms with Gasteiger partial charge in [-0.2, -0.15) is 10.5 Å². The number of carbonyl (C=O) groups excluding carboxylic acids is 2. The summed E-state index contributed by atoms with van der Waals surface area (Å²) in [5.74, 6) is 2.95. The number of rotatable bonds is 0. The lowest BCUT2D eigenvalue weighted by atomic mass is 9.45. The van der Waals surface area contributed by atoms with Crippen LogP contribution in [0.2, 0.25) is 19.6 Å². The Kier molecular flexibility index (Phi) is 4.65. The molecule has 5 heteroatoms. The van der Waals surface area contributed by atoms with Crippen molar-refractivity contribution in [1.82, 2.24) is 0 Å². The van der Waals surface area contributed by atoms with Crippen LogP contribution in [-0.2, 0) is 9.59 Å². The predicted octanol–water partition coefficient (Wildman–Crippen LogP) is 4.29. The van der Waals surface area contributed by atoms with Gasteiger partial charge in [0.15, 0.2) is 11.6 Å². The summed E-state index contributed by atoms with van der Waals surface area (Å²) in [5.41, 5.74) is 2.45. The zero-order chi connectivity index (χ0) is 21.8. The quantitative estimate of drug-likeness (QED) is 0.447. The van der Waals surface area contributed by atoms with Crippen LogP contribution in [0.1, 0.15) is 33.6 Å². The molecule has 0 aromatic rings. The van der Waals surface area contributed by atoms with Gasteiger partial charge in [-0.3, -0.25) is 9.59 Å². The number of carbonyl (C=O) groups is 2. The Hall–Kier alpha value is -2.68. The van der Waals surface area contributed by atoms with Gasteiger partial charge in [0.1, 0.15) is 20.2 Å². The van der Waals surface area contributed by atoms with Crippen molar-refractivity contribution in [2.75, 3.05) is 0 Å². The van der Waals surface area contributed by atoms with Crippen molar-refractivity contribution >= 4 is 19.6 Å². The van der Waals surface area contributed by atoms with E-state index in [-0.39, 0.29) is 28.6 Å². The Bertz CT molecular complexity index is 1060. The number of nitrogens with zero attached hydrogens (tertiary/aromatic N) is 2. The standard InChI is InChI=1S/C24H26N2O2Si/c1-22(2)19-7-8-24(9-10-29(4,5)6)13-16(14-25)18(27)11-20(24)23(19,3)12-17(15-26)21(22)28/h11-13,19H,7-8H2,1-6H3/t19-,23-,24+/m0/s1. The number of hydrogen-bond donors (Lipinski definition) is 0. The monoisotopic (exact) mass is 402 g/mol. The summed E-state index contributed by atoms with van der Waals surface area (Å²) in [6, 6.07) is 4.09. The van der Waals surface area contributed by atoms with E-state index in [0.717, 1.165) is 12.0 Å². The van der Waals surface area contributed by atoms with Crippen molar-refractivity contribution in [1.29, 1.82) is 10.5 Å². The summed E-state index contributed by atoms with van der Waals surface area (Å²) >= 11 is 0. The van der Waals surface area contributed by atoms with E-state index in [1.54, 1.807) is 18.2 Å². The zero-order valence-electron chi connectivity index (χ0n) is 17.9.